The minimum Gasteiger partial charge on any atom is -0.462 e. The molecule has 1 unspecified atom stereocenters. The summed E-state index contributed by atoms with van der Waals surface area (Å²) in [6, 6.07) is 4.90. The minimum atomic E-state index is -0.549. The number of rotatable bonds is 2. The quantitative estimate of drug-likeness (QED) is 0.781. The first-order valence-corrected chi connectivity index (χ1v) is 5.37. The molecule has 0 spiro atoms. The van der Waals surface area contributed by atoms with Gasteiger partial charge >= 0.3 is 5.97 Å². The average molecular weight is 258 g/mol. The third-order valence-corrected chi connectivity index (χ3v) is 2.86. The molecule has 94 valence electrons. The first-order chi connectivity index (χ1) is 7.63. The van der Waals surface area contributed by atoms with E-state index in [1.807, 2.05) is 0 Å². The Hall–Kier alpha value is -1.10. The van der Waals surface area contributed by atoms with Crippen LogP contribution < -0.4 is 5.73 Å². The number of ether oxygens (including phenoxy) is 1. The number of hydrogen-bond donors (Lipinski definition) is 2. The normalized spacial score (nSPS) is 21.6. The van der Waals surface area contributed by atoms with Crippen LogP contribution in [-0.4, -0.2) is 23.8 Å². The molecule has 0 heterocycles. The highest BCUT2D eigenvalue weighted by atomic mass is 35.5. The van der Waals surface area contributed by atoms with Gasteiger partial charge in [0.1, 0.15) is 0 Å². The van der Waals surface area contributed by atoms with Crippen molar-refractivity contribution in [1.82, 2.24) is 0 Å². The van der Waals surface area contributed by atoms with Crippen LogP contribution >= 0.6 is 12.4 Å². The third kappa shape index (κ3) is 2.60. The standard InChI is InChI=1S/C12H15NO3.ClH/c1-2-16-12(15)7-3-4-9-8(5-7)6-10(14)11(9)13;/h3-5,10-11,14H,2,6,13H2,1H3;1H/t10-,11?;/m1./s1. The molecule has 1 aromatic rings. The van der Waals surface area contributed by atoms with E-state index in [2.05, 4.69) is 0 Å². The van der Waals surface area contributed by atoms with Gasteiger partial charge in [0, 0.05) is 6.42 Å². The van der Waals surface area contributed by atoms with Gasteiger partial charge in [-0.1, -0.05) is 6.07 Å². The van der Waals surface area contributed by atoms with Crippen molar-refractivity contribution in [3.05, 3.63) is 34.9 Å². The van der Waals surface area contributed by atoms with E-state index >= 15 is 0 Å². The van der Waals surface area contributed by atoms with Gasteiger partial charge in [-0.25, -0.2) is 4.79 Å². The highest BCUT2D eigenvalue weighted by molar-refractivity contribution is 5.89. The predicted octanol–water partition coefficient (Wildman–Crippen LogP) is 1.20. The van der Waals surface area contributed by atoms with Crippen molar-refractivity contribution in [3.8, 4) is 0 Å². The molecule has 3 N–H and O–H groups in total. The van der Waals surface area contributed by atoms with E-state index in [9.17, 15) is 9.90 Å². The van der Waals surface area contributed by atoms with Crippen molar-refractivity contribution in [3.63, 3.8) is 0 Å². The van der Waals surface area contributed by atoms with Crippen molar-refractivity contribution in [1.29, 1.82) is 0 Å². The Morgan fingerprint density at radius 1 is 1.59 bits per heavy atom. The van der Waals surface area contributed by atoms with Crippen LogP contribution in [0.4, 0.5) is 0 Å². The highest BCUT2D eigenvalue weighted by Crippen LogP contribution is 2.30. The maximum absolute atomic E-state index is 11.5. The first kappa shape index (κ1) is 14.0. The summed E-state index contributed by atoms with van der Waals surface area (Å²) in [7, 11) is 0. The summed E-state index contributed by atoms with van der Waals surface area (Å²) >= 11 is 0. The second-order valence-electron chi connectivity index (χ2n) is 3.93. The van der Waals surface area contributed by atoms with Gasteiger partial charge < -0.3 is 15.6 Å². The predicted molar refractivity (Wildman–Crippen MR) is 66.3 cm³/mol. The topological polar surface area (TPSA) is 72.5 Å². The monoisotopic (exact) mass is 257 g/mol. The Bertz CT molecular complexity index is 422. The van der Waals surface area contributed by atoms with Gasteiger partial charge in [0.2, 0.25) is 0 Å². The van der Waals surface area contributed by atoms with Crippen LogP contribution in [0.2, 0.25) is 0 Å². The third-order valence-electron chi connectivity index (χ3n) is 2.86. The molecule has 0 aromatic heterocycles. The van der Waals surface area contributed by atoms with Crippen molar-refractivity contribution in [2.75, 3.05) is 6.61 Å². The van der Waals surface area contributed by atoms with Gasteiger partial charge in [0.25, 0.3) is 0 Å². The lowest BCUT2D eigenvalue weighted by atomic mass is 10.1. The molecule has 4 nitrogen and oxygen atoms in total. The Balaban J connectivity index is 0.00000144. The largest absolute Gasteiger partial charge is 0.462 e. The van der Waals surface area contributed by atoms with E-state index in [1.165, 1.54) is 0 Å². The van der Waals surface area contributed by atoms with Gasteiger partial charge in [-0.2, -0.15) is 0 Å². The van der Waals surface area contributed by atoms with Crippen LogP contribution in [0.5, 0.6) is 0 Å². The van der Waals surface area contributed by atoms with E-state index in [4.69, 9.17) is 10.5 Å². The molecule has 0 saturated heterocycles. The van der Waals surface area contributed by atoms with Crippen LogP contribution in [0.1, 0.15) is 34.5 Å². The van der Waals surface area contributed by atoms with E-state index in [0.717, 1.165) is 11.1 Å². The Morgan fingerprint density at radius 2 is 2.29 bits per heavy atom. The number of carbonyl (C=O) groups excluding carboxylic acids is 1. The Labute approximate surface area is 106 Å². The van der Waals surface area contributed by atoms with Crippen LogP contribution in [0, 0.1) is 0 Å². The van der Waals surface area contributed by atoms with E-state index in [0.29, 0.717) is 18.6 Å². The van der Waals surface area contributed by atoms with Crippen molar-refractivity contribution >= 4 is 18.4 Å². The van der Waals surface area contributed by atoms with E-state index in [1.54, 1.807) is 25.1 Å². The van der Waals surface area contributed by atoms with E-state index < -0.39 is 6.10 Å². The summed E-state index contributed by atoms with van der Waals surface area (Å²) in [5, 5.41) is 9.61. The summed E-state index contributed by atoms with van der Waals surface area (Å²) in [5.74, 6) is -0.333. The molecule has 17 heavy (non-hydrogen) atoms. The molecule has 1 aliphatic rings. The van der Waals surface area contributed by atoms with Gasteiger partial charge in [-0.3, -0.25) is 0 Å². The zero-order valence-electron chi connectivity index (χ0n) is 9.55. The Kier molecular flexibility index (Phi) is 4.51. The molecular formula is C12H16ClNO3. The van der Waals surface area contributed by atoms with Gasteiger partial charge in [-0.15, -0.1) is 12.4 Å². The lowest BCUT2D eigenvalue weighted by Crippen LogP contribution is -2.21. The number of carbonyl (C=O) groups is 1. The second-order valence-corrected chi connectivity index (χ2v) is 3.93. The van der Waals surface area contributed by atoms with Crippen molar-refractivity contribution < 1.29 is 14.6 Å². The molecular weight excluding hydrogens is 242 g/mol. The van der Waals surface area contributed by atoms with Crippen LogP contribution in [0.15, 0.2) is 18.2 Å². The molecule has 0 saturated carbocycles. The number of halogens is 1. The maximum Gasteiger partial charge on any atom is 0.338 e. The molecule has 0 fully saturated rings. The summed E-state index contributed by atoms with van der Waals surface area (Å²) in [6.45, 7) is 2.13. The molecule has 0 bridgehead atoms. The molecule has 0 radical (unpaired) electrons. The molecule has 2 rings (SSSR count). The van der Waals surface area contributed by atoms with Crippen LogP contribution in [0.25, 0.3) is 0 Å². The second kappa shape index (κ2) is 5.49. The van der Waals surface area contributed by atoms with Crippen LogP contribution in [-0.2, 0) is 11.2 Å². The molecule has 1 aromatic carbocycles. The lowest BCUT2D eigenvalue weighted by Gasteiger charge is -2.08. The average Bonchev–Trinajstić information content (AvgIpc) is 2.55. The number of esters is 1. The first-order valence-electron chi connectivity index (χ1n) is 5.37. The number of benzene rings is 1. The fourth-order valence-corrected chi connectivity index (χ4v) is 2.01. The molecule has 2 atom stereocenters. The number of fused-ring (bicyclic) bond motifs is 1. The zero-order valence-corrected chi connectivity index (χ0v) is 10.4. The van der Waals surface area contributed by atoms with Crippen LogP contribution in [0.3, 0.4) is 0 Å². The summed E-state index contributed by atoms with van der Waals surface area (Å²) < 4.78 is 4.91. The Morgan fingerprint density at radius 3 is 2.94 bits per heavy atom. The fourth-order valence-electron chi connectivity index (χ4n) is 2.01. The van der Waals surface area contributed by atoms with Crippen molar-refractivity contribution in [2.45, 2.75) is 25.5 Å². The summed E-state index contributed by atoms with van der Waals surface area (Å²) in [4.78, 5) is 11.5. The molecule has 0 aliphatic heterocycles. The number of hydrogen-bond acceptors (Lipinski definition) is 4. The number of nitrogens with two attached hydrogens (primary N) is 1. The number of aliphatic hydroxyl groups is 1. The maximum atomic E-state index is 11.5. The van der Waals surface area contributed by atoms with Crippen molar-refractivity contribution in [2.24, 2.45) is 5.73 Å². The zero-order chi connectivity index (χ0) is 11.7. The lowest BCUT2D eigenvalue weighted by molar-refractivity contribution is 0.0526. The van der Waals surface area contributed by atoms with Gasteiger partial charge in [-0.05, 0) is 30.2 Å². The van der Waals surface area contributed by atoms with E-state index in [-0.39, 0.29) is 24.4 Å². The SMILES string of the molecule is CCOC(=O)c1ccc2c(c1)C[C@@H](O)C2N.Cl. The summed E-state index contributed by atoms with van der Waals surface area (Å²) in [6.07, 6.45) is -0.0449. The minimum absolute atomic E-state index is 0. The van der Waals surface area contributed by atoms with Gasteiger partial charge in [0.05, 0.1) is 24.3 Å². The molecule has 1 aliphatic carbocycles. The van der Waals surface area contributed by atoms with Gasteiger partial charge in [0.15, 0.2) is 0 Å². The fraction of sp³-hybridized carbons (Fsp3) is 0.417. The molecule has 5 heteroatoms. The summed E-state index contributed by atoms with van der Waals surface area (Å²) in [5.41, 5.74) is 8.18. The number of aliphatic hydroxyl groups excluding tert-OH is 1. The molecule has 0 amide bonds. The highest BCUT2D eigenvalue weighted by Gasteiger charge is 2.28. The smallest absolute Gasteiger partial charge is 0.338 e.